The molecule has 0 aromatic heterocycles. The molecule has 5 heteroatoms. The molecule has 3 rings (SSSR count). The van der Waals surface area contributed by atoms with Crippen LogP contribution in [0.15, 0.2) is 18.2 Å². The Morgan fingerprint density at radius 1 is 1.45 bits per heavy atom. The van der Waals surface area contributed by atoms with E-state index in [1.807, 2.05) is 18.2 Å². The molecule has 0 unspecified atom stereocenters. The van der Waals surface area contributed by atoms with Crippen molar-refractivity contribution in [2.24, 2.45) is 0 Å². The van der Waals surface area contributed by atoms with Crippen molar-refractivity contribution in [1.29, 1.82) is 0 Å². The number of nitrogens with one attached hydrogen (secondary N) is 1. The molecule has 0 spiro atoms. The number of carbonyl (C=O) groups excluding carboxylic acids is 2. The summed E-state index contributed by atoms with van der Waals surface area (Å²) in [6.07, 6.45) is 0.293. The van der Waals surface area contributed by atoms with Crippen LogP contribution in [0.3, 0.4) is 0 Å². The van der Waals surface area contributed by atoms with Crippen LogP contribution in [0.5, 0.6) is 0 Å². The third-order valence-corrected chi connectivity index (χ3v) is 3.95. The van der Waals surface area contributed by atoms with E-state index in [-0.39, 0.29) is 17.3 Å². The van der Waals surface area contributed by atoms with Crippen LogP contribution >= 0.6 is 0 Å². The average Bonchev–Trinajstić information content (AvgIpc) is 2.76. The molecule has 1 aromatic rings. The molecule has 1 amide bonds. The van der Waals surface area contributed by atoms with Gasteiger partial charge in [-0.2, -0.15) is 0 Å². The molecule has 106 valence electrons. The molecule has 5 nitrogen and oxygen atoms in total. The number of amides is 1. The van der Waals surface area contributed by atoms with Gasteiger partial charge in [-0.05, 0) is 24.1 Å². The Morgan fingerprint density at radius 3 is 2.90 bits per heavy atom. The van der Waals surface area contributed by atoms with E-state index in [1.165, 1.54) is 0 Å². The van der Waals surface area contributed by atoms with Crippen LogP contribution in [0.4, 0.5) is 0 Å². The summed E-state index contributed by atoms with van der Waals surface area (Å²) in [5.74, 6) is -0.269. The number of esters is 1. The Balaban J connectivity index is 1.88. The summed E-state index contributed by atoms with van der Waals surface area (Å²) >= 11 is 0. The van der Waals surface area contributed by atoms with Crippen molar-refractivity contribution in [1.82, 2.24) is 5.32 Å². The van der Waals surface area contributed by atoms with Gasteiger partial charge in [0.25, 0.3) is 5.91 Å². The predicted octanol–water partition coefficient (Wildman–Crippen LogP) is 1.15. The van der Waals surface area contributed by atoms with Crippen LogP contribution in [-0.4, -0.2) is 31.7 Å². The molecule has 2 heterocycles. The summed E-state index contributed by atoms with van der Waals surface area (Å²) in [5, 5.41) is 2.80. The average molecular weight is 275 g/mol. The number of carbonyl (C=O) groups is 2. The number of ether oxygens (including phenoxy) is 2. The van der Waals surface area contributed by atoms with Gasteiger partial charge in [0.2, 0.25) is 0 Å². The highest BCUT2D eigenvalue weighted by Gasteiger charge is 2.43. The Morgan fingerprint density at radius 2 is 2.25 bits per heavy atom. The van der Waals surface area contributed by atoms with Gasteiger partial charge in [-0.15, -0.1) is 0 Å². The maximum atomic E-state index is 11.8. The molecule has 1 saturated heterocycles. The normalized spacial score (nSPS) is 18.9. The van der Waals surface area contributed by atoms with Crippen molar-refractivity contribution in [2.75, 3.05) is 19.8 Å². The summed E-state index contributed by atoms with van der Waals surface area (Å²) < 4.78 is 10.3. The molecular weight excluding hydrogens is 258 g/mol. The Bertz CT molecular complexity index is 563. The van der Waals surface area contributed by atoms with E-state index >= 15 is 0 Å². The number of hydrogen-bond acceptors (Lipinski definition) is 4. The van der Waals surface area contributed by atoms with Crippen molar-refractivity contribution >= 4 is 11.9 Å². The van der Waals surface area contributed by atoms with Gasteiger partial charge >= 0.3 is 5.97 Å². The van der Waals surface area contributed by atoms with Crippen LogP contribution in [0.1, 0.15) is 34.8 Å². The molecule has 0 radical (unpaired) electrons. The number of rotatable bonds is 4. The maximum Gasteiger partial charge on any atom is 0.306 e. The van der Waals surface area contributed by atoms with Gasteiger partial charge in [0.1, 0.15) is 0 Å². The molecule has 2 aliphatic rings. The van der Waals surface area contributed by atoms with Crippen LogP contribution in [0.25, 0.3) is 0 Å². The molecule has 0 aliphatic carbocycles. The van der Waals surface area contributed by atoms with E-state index in [4.69, 9.17) is 9.47 Å². The largest absolute Gasteiger partial charge is 0.466 e. The van der Waals surface area contributed by atoms with Gasteiger partial charge < -0.3 is 14.8 Å². The van der Waals surface area contributed by atoms with Crippen LogP contribution in [0.2, 0.25) is 0 Å². The topological polar surface area (TPSA) is 64.6 Å². The van der Waals surface area contributed by atoms with E-state index < -0.39 is 0 Å². The SMILES string of the molecule is CCOC(=O)CC1(c2ccc3c(c2)C(=O)NC3)COC1. The first-order valence-corrected chi connectivity index (χ1v) is 6.79. The van der Waals surface area contributed by atoms with Crippen molar-refractivity contribution in [3.05, 3.63) is 34.9 Å². The first-order valence-electron chi connectivity index (χ1n) is 6.79. The van der Waals surface area contributed by atoms with E-state index in [2.05, 4.69) is 5.32 Å². The molecular formula is C15H17NO4. The smallest absolute Gasteiger partial charge is 0.306 e. The lowest BCUT2D eigenvalue weighted by atomic mass is 9.75. The zero-order valence-corrected chi connectivity index (χ0v) is 11.4. The lowest BCUT2D eigenvalue weighted by Crippen LogP contribution is -2.48. The van der Waals surface area contributed by atoms with Gasteiger partial charge in [0.05, 0.1) is 31.7 Å². The lowest BCUT2D eigenvalue weighted by Gasteiger charge is -2.41. The van der Waals surface area contributed by atoms with Crippen LogP contribution in [-0.2, 0) is 26.2 Å². The summed E-state index contributed by atoms with van der Waals surface area (Å²) in [6.45, 7) is 3.73. The van der Waals surface area contributed by atoms with E-state index in [9.17, 15) is 9.59 Å². The molecule has 0 saturated carbocycles. The highest BCUT2D eigenvalue weighted by Crippen LogP contribution is 2.37. The van der Waals surface area contributed by atoms with E-state index in [0.717, 1.165) is 11.1 Å². The maximum absolute atomic E-state index is 11.8. The molecule has 0 atom stereocenters. The third-order valence-electron chi connectivity index (χ3n) is 3.95. The first-order chi connectivity index (χ1) is 9.64. The minimum atomic E-state index is -0.343. The highest BCUT2D eigenvalue weighted by molar-refractivity contribution is 5.98. The molecule has 20 heavy (non-hydrogen) atoms. The number of hydrogen-bond donors (Lipinski definition) is 1. The van der Waals surface area contributed by atoms with E-state index in [0.29, 0.717) is 38.3 Å². The Hall–Kier alpha value is -1.88. The fraction of sp³-hybridized carbons (Fsp3) is 0.467. The Labute approximate surface area is 117 Å². The predicted molar refractivity (Wildman–Crippen MR) is 71.4 cm³/mol. The molecule has 1 aromatic carbocycles. The molecule has 1 fully saturated rings. The summed E-state index contributed by atoms with van der Waals surface area (Å²) in [5.41, 5.74) is 2.35. The zero-order chi connectivity index (χ0) is 14.2. The third kappa shape index (κ3) is 2.08. The van der Waals surface area contributed by atoms with E-state index in [1.54, 1.807) is 6.92 Å². The second-order valence-electron chi connectivity index (χ2n) is 5.31. The summed E-state index contributed by atoms with van der Waals surface area (Å²) in [6, 6.07) is 5.83. The highest BCUT2D eigenvalue weighted by atomic mass is 16.5. The van der Waals surface area contributed by atoms with Crippen molar-refractivity contribution in [3.8, 4) is 0 Å². The Kier molecular flexibility index (Phi) is 3.22. The van der Waals surface area contributed by atoms with Gasteiger partial charge in [0.15, 0.2) is 0 Å². The lowest BCUT2D eigenvalue weighted by molar-refractivity contribution is -0.151. The quantitative estimate of drug-likeness (QED) is 0.837. The van der Waals surface area contributed by atoms with Gasteiger partial charge in [-0.3, -0.25) is 9.59 Å². The van der Waals surface area contributed by atoms with Crippen molar-refractivity contribution in [3.63, 3.8) is 0 Å². The fourth-order valence-corrected chi connectivity index (χ4v) is 2.75. The minimum absolute atomic E-state index is 0.0478. The van der Waals surface area contributed by atoms with Crippen molar-refractivity contribution in [2.45, 2.75) is 25.3 Å². The minimum Gasteiger partial charge on any atom is -0.466 e. The second kappa shape index (κ2) is 4.90. The second-order valence-corrected chi connectivity index (χ2v) is 5.31. The summed E-state index contributed by atoms with van der Waals surface area (Å²) in [7, 11) is 0. The number of benzene rings is 1. The monoisotopic (exact) mass is 275 g/mol. The van der Waals surface area contributed by atoms with Gasteiger partial charge in [-0.25, -0.2) is 0 Å². The summed E-state index contributed by atoms with van der Waals surface area (Å²) in [4.78, 5) is 23.5. The molecule has 0 bridgehead atoms. The number of fused-ring (bicyclic) bond motifs is 1. The fourth-order valence-electron chi connectivity index (χ4n) is 2.75. The standard InChI is InChI=1S/C15H17NO4/c1-2-20-13(17)6-15(8-19-9-15)11-4-3-10-7-16-14(18)12(10)5-11/h3-5H,2,6-9H2,1H3,(H,16,18). The van der Waals surface area contributed by atoms with Crippen LogP contribution < -0.4 is 5.32 Å². The first kappa shape index (κ1) is 13.1. The molecule has 2 aliphatic heterocycles. The van der Waals surface area contributed by atoms with Gasteiger partial charge in [-0.1, -0.05) is 12.1 Å². The van der Waals surface area contributed by atoms with Gasteiger partial charge in [0, 0.05) is 12.1 Å². The van der Waals surface area contributed by atoms with Crippen LogP contribution in [0, 0.1) is 0 Å². The zero-order valence-electron chi connectivity index (χ0n) is 11.4. The molecule has 1 N–H and O–H groups in total. The van der Waals surface area contributed by atoms with Crippen molar-refractivity contribution < 1.29 is 19.1 Å².